The average Bonchev–Trinajstić information content (AvgIpc) is 3.10. The summed E-state index contributed by atoms with van der Waals surface area (Å²) in [6.07, 6.45) is 12.7. The van der Waals surface area contributed by atoms with E-state index in [0.29, 0.717) is 6.04 Å². The zero-order chi connectivity index (χ0) is 12.3. The second-order valence-electron chi connectivity index (χ2n) is 6.73. The Morgan fingerprint density at radius 1 is 1.06 bits per heavy atom. The van der Waals surface area contributed by atoms with Gasteiger partial charge in [0.2, 0.25) is 0 Å². The summed E-state index contributed by atoms with van der Waals surface area (Å²) >= 11 is 0. The second kappa shape index (κ2) is 6.22. The fraction of sp³-hybridized carbons (Fsp3) is 1.00. The molecule has 0 amide bonds. The van der Waals surface area contributed by atoms with Crippen molar-refractivity contribution in [1.82, 2.24) is 0 Å². The van der Waals surface area contributed by atoms with Crippen molar-refractivity contribution >= 4 is 0 Å². The fourth-order valence-corrected chi connectivity index (χ4v) is 3.93. The maximum Gasteiger partial charge on any atom is 0.00726 e. The monoisotopic (exact) mass is 237 g/mol. The molecule has 2 fully saturated rings. The highest BCUT2D eigenvalue weighted by atomic mass is 14.7. The maximum absolute atomic E-state index is 6.43. The summed E-state index contributed by atoms with van der Waals surface area (Å²) in [6.45, 7) is 4.76. The minimum Gasteiger partial charge on any atom is -0.327 e. The number of nitrogens with two attached hydrogens (primary N) is 1. The molecular weight excluding hydrogens is 206 g/mol. The molecule has 5 unspecified atom stereocenters. The van der Waals surface area contributed by atoms with Crippen molar-refractivity contribution in [3.63, 3.8) is 0 Å². The van der Waals surface area contributed by atoms with Crippen LogP contribution in [-0.4, -0.2) is 6.04 Å². The zero-order valence-corrected chi connectivity index (χ0v) is 11.8. The molecule has 0 saturated heterocycles. The third-order valence-corrected chi connectivity index (χ3v) is 5.27. The van der Waals surface area contributed by atoms with Gasteiger partial charge in [-0.2, -0.15) is 0 Å². The Hall–Kier alpha value is -0.0400. The van der Waals surface area contributed by atoms with E-state index in [-0.39, 0.29) is 0 Å². The van der Waals surface area contributed by atoms with E-state index in [9.17, 15) is 0 Å². The van der Waals surface area contributed by atoms with Crippen LogP contribution in [0.4, 0.5) is 0 Å². The van der Waals surface area contributed by atoms with Crippen molar-refractivity contribution in [1.29, 1.82) is 0 Å². The standard InChI is InChI=1S/C16H31N/c1-3-4-8-13-9-6-5-7-12(2)14-11-15(14)16(17)10-13/h12-16H,3-11,17H2,1-2H3. The predicted octanol–water partition coefficient (Wildman–Crippen LogP) is 4.36. The molecular formula is C16H31N. The lowest BCUT2D eigenvalue weighted by molar-refractivity contribution is 0.303. The molecule has 0 aromatic carbocycles. The smallest absolute Gasteiger partial charge is 0.00726 e. The second-order valence-corrected chi connectivity index (χ2v) is 6.73. The SMILES string of the molecule is CCCCC1CCCCC(C)C2CC2C(N)C1. The predicted molar refractivity (Wildman–Crippen MR) is 74.8 cm³/mol. The molecule has 0 heterocycles. The van der Waals surface area contributed by atoms with Crippen molar-refractivity contribution in [3.05, 3.63) is 0 Å². The summed E-state index contributed by atoms with van der Waals surface area (Å²) < 4.78 is 0. The van der Waals surface area contributed by atoms with Gasteiger partial charge in [0.1, 0.15) is 0 Å². The Morgan fingerprint density at radius 2 is 1.82 bits per heavy atom. The molecule has 17 heavy (non-hydrogen) atoms. The van der Waals surface area contributed by atoms with Gasteiger partial charge in [-0.05, 0) is 36.5 Å². The number of fused-ring (bicyclic) bond motifs is 1. The van der Waals surface area contributed by atoms with Crippen LogP contribution < -0.4 is 5.73 Å². The van der Waals surface area contributed by atoms with E-state index in [1.165, 1.54) is 57.8 Å². The first-order valence-corrected chi connectivity index (χ1v) is 7.98. The summed E-state index contributed by atoms with van der Waals surface area (Å²) in [5, 5.41) is 0. The third kappa shape index (κ3) is 3.71. The summed E-state index contributed by atoms with van der Waals surface area (Å²) in [5.74, 6) is 3.74. The van der Waals surface area contributed by atoms with Gasteiger partial charge < -0.3 is 5.73 Å². The topological polar surface area (TPSA) is 26.0 Å². The van der Waals surface area contributed by atoms with E-state index >= 15 is 0 Å². The molecule has 0 bridgehead atoms. The molecule has 0 aromatic heterocycles. The van der Waals surface area contributed by atoms with Gasteiger partial charge >= 0.3 is 0 Å². The van der Waals surface area contributed by atoms with E-state index in [1.54, 1.807) is 0 Å². The van der Waals surface area contributed by atoms with Crippen LogP contribution in [0.15, 0.2) is 0 Å². The molecule has 2 aliphatic rings. The highest BCUT2D eigenvalue weighted by molar-refractivity contribution is 4.96. The quantitative estimate of drug-likeness (QED) is 0.775. The van der Waals surface area contributed by atoms with Crippen LogP contribution >= 0.6 is 0 Å². The number of hydrogen-bond donors (Lipinski definition) is 1. The summed E-state index contributed by atoms with van der Waals surface area (Å²) in [5.41, 5.74) is 6.43. The Kier molecular flexibility index (Phi) is 4.90. The molecule has 2 saturated carbocycles. The summed E-state index contributed by atoms with van der Waals surface area (Å²) in [7, 11) is 0. The van der Waals surface area contributed by atoms with Crippen LogP contribution in [-0.2, 0) is 0 Å². The largest absolute Gasteiger partial charge is 0.327 e. The highest BCUT2D eigenvalue weighted by Gasteiger charge is 2.44. The summed E-state index contributed by atoms with van der Waals surface area (Å²) in [4.78, 5) is 0. The van der Waals surface area contributed by atoms with Crippen LogP contribution in [0, 0.1) is 23.7 Å². The number of unbranched alkanes of at least 4 members (excludes halogenated alkanes) is 1. The van der Waals surface area contributed by atoms with E-state index in [1.807, 2.05) is 0 Å². The number of rotatable bonds is 3. The molecule has 100 valence electrons. The lowest BCUT2D eigenvalue weighted by Crippen LogP contribution is -2.28. The summed E-state index contributed by atoms with van der Waals surface area (Å²) in [6, 6.07) is 0.516. The van der Waals surface area contributed by atoms with Gasteiger partial charge in [0.15, 0.2) is 0 Å². The Morgan fingerprint density at radius 3 is 2.59 bits per heavy atom. The number of hydrogen-bond acceptors (Lipinski definition) is 1. The van der Waals surface area contributed by atoms with Gasteiger partial charge in [-0.1, -0.05) is 58.8 Å². The van der Waals surface area contributed by atoms with Crippen LogP contribution in [0.3, 0.4) is 0 Å². The lowest BCUT2D eigenvalue weighted by Gasteiger charge is -2.24. The first-order valence-electron chi connectivity index (χ1n) is 7.98. The highest BCUT2D eigenvalue weighted by Crippen LogP contribution is 2.49. The fourth-order valence-electron chi connectivity index (χ4n) is 3.93. The molecule has 0 radical (unpaired) electrons. The van der Waals surface area contributed by atoms with Crippen molar-refractivity contribution in [2.45, 2.75) is 77.7 Å². The van der Waals surface area contributed by atoms with Crippen LogP contribution in [0.5, 0.6) is 0 Å². The molecule has 0 aliphatic heterocycles. The van der Waals surface area contributed by atoms with Crippen LogP contribution in [0.1, 0.15) is 71.6 Å². The molecule has 1 nitrogen and oxygen atoms in total. The first-order chi connectivity index (χ1) is 8.22. The van der Waals surface area contributed by atoms with Gasteiger partial charge in [0, 0.05) is 6.04 Å². The van der Waals surface area contributed by atoms with Crippen molar-refractivity contribution in [3.8, 4) is 0 Å². The van der Waals surface area contributed by atoms with Crippen LogP contribution in [0.25, 0.3) is 0 Å². The third-order valence-electron chi connectivity index (χ3n) is 5.27. The molecule has 2 aliphatic carbocycles. The van der Waals surface area contributed by atoms with Crippen molar-refractivity contribution in [2.24, 2.45) is 29.4 Å². The minimum absolute atomic E-state index is 0.516. The lowest BCUT2D eigenvalue weighted by atomic mass is 9.84. The average molecular weight is 237 g/mol. The molecule has 2 rings (SSSR count). The zero-order valence-electron chi connectivity index (χ0n) is 11.8. The Balaban J connectivity index is 1.86. The van der Waals surface area contributed by atoms with E-state index in [4.69, 9.17) is 5.73 Å². The van der Waals surface area contributed by atoms with E-state index in [2.05, 4.69) is 13.8 Å². The van der Waals surface area contributed by atoms with E-state index < -0.39 is 0 Å². The van der Waals surface area contributed by atoms with Crippen molar-refractivity contribution in [2.75, 3.05) is 0 Å². The van der Waals surface area contributed by atoms with Crippen molar-refractivity contribution < 1.29 is 0 Å². The molecule has 2 N–H and O–H groups in total. The maximum atomic E-state index is 6.43. The molecule has 1 heteroatoms. The molecule has 0 spiro atoms. The Labute approximate surface area is 108 Å². The van der Waals surface area contributed by atoms with Gasteiger partial charge in [0.25, 0.3) is 0 Å². The van der Waals surface area contributed by atoms with Gasteiger partial charge in [-0.3, -0.25) is 0 Å². The van der Waals surface area contributed by atoms with Gasteiger partial charge in [-0.25, -0.2) is 0 Å². The molecule has 5 atom stereocenters. The minimum atomic E-state index is 0.516. The van der Waals surface area contributed by atoms with Gasteiger partial charge in [-0.15, -0.1) is 0 Å². The Bertz CT molecular complexity index is 226. The van der Waals surface area contributed by atoms with Gasteiger partial charge in [0.05, 0.1) is 0 Å². The first kappa shape index (κ1) is 13.4. The van der Waals surface area contributed by atoms with E-state index in [0.717, 1.165) is 23.7 Å². The normalized spacial score (nSPS) is 42.9. The van der Waals surface area contributed by atoms with Crippen LogP contribution in [0.2, 0.25) is 0 Å². The molecule has 0 aromatic rings.